The van der Waals surface area contributed by atoms with Crippen LogP contribution in [-0.4, -0.2) is 10.7 Å². The molecule has 0 aliphatic rings. The maximum absolute atomic E-state index is 12.4. The second-order valence-corrected chi connectivity index (χ2v) is 5.82. The predicted octanol–water partition coefficient (Wildman–Crippen LogP) is 3.44. The monoisotopic (exact) mass is 270 g/mol. The second kappa shape index (κ2) is 4.70. The summed E-state index contributed by atoms with van der Waals surface area (Å²) in [5, 5.41) is 12.4. The van der Waals surface area contributed by atoms with Crippen molar-refractivity contribution in [3.05, 3.63) is 47.2 Å². The fourth-order valence-corrected chi connectivity index (χ4v) is 2.86. The van der Waals surface area contributed by atoms with Crippen molar-refractivity contribution in [3.8, 4) is 0 Å². The Morgan fingerprint density at radius 2 is 1.95 bits per heavy atom. The maximum Gasteiger partial charge on any atom is 0.243 e. The highest BCUT2D eigenvalue weighted by molar-refractivity contribution is 7.99. The first kappa shape index (κ1) is 12.2. The topological polar surface area (TPSA) is 39.8 Å². The van der Waals surface area contributed by atoms with Crippen LogP contribution in [-0.2, 0) is 0 Å². The van der Waals surface area contributed by atoms with Crippen LogP contribution in [0.1, 0.15) is 12.5 Å². The van der Waals surface area contributed by atoms with Crippen LogP contribution in [0.4, 0.5) is 0 Å². The van der Waals surface area contributed by atoms with Gasteiger partial charge in [0, 0.05) is 17.0 Å². The highest BCUT2D eigenvalue weighted by atomic mass is 32.2. The van der Waals surface area contributed by atoms with E-state index >= 15 is 0 Å². The number of hydrogen-bond donors (Lipinski definition) is 0. The van der Waals surface area contributed by atoms with Crippen molar-refractivity contribution >= 4 is 33.8 Å². The summed E-state index contributed by atoms with van der Waals surface area (Å²) in [6, 6.07) is 11.6. The van der Waals surface area contributed by atoms with Crippen LogP contribution in [0.25, 0.3) is 22.1 Å². The molecule has 0 spiro atoms. The molecule has 3 nitrogen and oxygen atoms in total. The van der Waals surface area contributed by atoms with E-state index in [0.717, 1.165) is 32.0 Å². The third-order valence-corrected chi connectivity index (χ3v) is 3.94. The molecule has 96 valence electrons. The average Bonchev–Trinajstić information content (AvgIpc) is 2.40. The van der Waals surface area contributed by atoms with Crippen LogP contribution < -0.4 is 4.73 Å². The largest absolute Gasteiger partial charge is 0.618 e. The number of thioether (sulfide) groups is 1. The molecule has 3 rings (SSSR count). The van der Waals surface area contributed by atoms with E-state index in [2.05, 4.69) is 11.9 Å². The molecule has 0 saturated carbocycles. The van der Waals surface area contributed by atoms with E-state index in [1.54, 1.807) is 11.8 Å². The Labute approximate surface area is 115 Å². The van der Waals surface area contributed by atoms with Gasteiger partial charge in [-0.15, -0.1) is 11.8 Å². The van der Waals surface area contributed by atoms with Gasteiger partial charge >= 0.3 is 0 Å². The minimum atomic E-state index is 0.624. The molecule has 0 atom stereocenters. The molecule has 1 heterocycles. The van der Waals surface area contributed by atoms with Gasteiger partial charge in [0.05, 0.1) is 0 Å². The third kappa shape index (κ3) is 2.12. The number of benzene rings is 2. The quantitative estimate of drug-likeness (QED) is 0.310. The summed E-state index contributed by atoms with van der Waals surface area (Å²) in [6.45, 7) is 4.09. The summed E-state index contributed by atoms with van der Waals surface area (Å²) >= 11 is 1.75. The number of nitrogens with zero attached hydrogens (tertiary/aromatic N) is 2. The first-order valence-corrected chi connectivity index (χ1v) is 7.24. The summed E-state index contributed by atoms with van der Waals surface area (Å²) in [6.07, 6.45) is 0. The van der Waals surface area contributed by atoms with Gasteiger partial charge < -0.3 is 5.21 Å². The van der Waals surface area contributed by atoms with Gasteiger partial charge in [0.25, 0.3) is 0 Å². The minimum Gasteiger partial charge on any atom is -0.618 e. The zero-order chi connectivity index (χ0) is 13.4. The lowest BCUT2D eigenvalue weighted by Crippen LogP contribution is -2.28. The van der Waals surface area contributed by atoms with Crippen molar-refractivity contribution in [2.45, 2.75) is 18.7 Å². The first-order valence-electron chi connectivity index (χ1n) is 6.25. The van der Waals surface area contributed by atoms with E-state index in [1.165, 1.54) is 0 Å². The molecular formula is C15H14N2OS. The summed E-state index contributed by atoms with van der Waals surface area (Å²) in [7, 11) is 0. The molecule has 1 aromatic heterocycles. The minimum absolute atomic E-state index is 0.624. The zero-order valence-electron chi connectivity index (χ0n) is 10.9. The van der Waals surface area contributed by atoms with Crippen molar-refractivity contribution in [1.82, 2.24) is 4.98 Å². The van der Waals surface area contributed by atoms with Crippen molar-refractivity contribution in [1.29, 1.82) is 0 Å². The molecule has 0 aliphatic heterocycles. The van der Waals surface area contributed by atoms with Crippen molar-refractivity contribution in [2.24, 2.45) is 0 Å². The number of hydrogen-bond acceptors (Lipinski definition) is 3. The molecule has 4 heteroatoms. The van der Waals surface area contributed by atoms with Gasteiger partial charge in [-0.3, -0.25) is 0 Å². The molecule has 0 aliphatic carbocycles. The van der Waals surface area contributed by atoms with Gasteiger partial charge in [-0.1, -0.05) is 13.0 Å². The lowest BCUT2D eigenvalue weighted by molar-refractivity contribution is -0.548. The summed E-state index contributed by atoms with van der Waals surface area (Å²) < 4.78 is 0.977. The summed E-state index contributed by atoms with van der Waals surface area (Å²) in [5.41, 5.74) is 3.81. The van der Waals surface area contributed by atoms with Crippen LogP contribution in [0.3, 0.4) is 0 Å². The van der Waals surface area contributed by atoms with Gasteiger partial charge in [0.1, 0.15) is 11.0 Å². The van der Waals surface area contributed by atoms with Crippen LogP contribution in [0.5, 0.6) is 0 Å². The molecule has 0 fully saturated rings. The van der Waals surface area contributed by atoms with Crippen LogP contribution in [0, 0.1) is 12.1 Å². The van der Waals surface area contributed by atoms with Crippen molar-refractivity contribution in [2.75, 3.05) is 5.75 Å². The molecule has 0 amide bonds. The van der Waals surface area contributed by atoms with Gasteiger partial charge in [-0.2, -0.15) is 4.73 Å². The Balaban J connectivity index is 2.33. The number of aromatic nitrogens is 2. The van der Waals surface area contributed by atoms with Gasteiger partial charge in [0.2, 0.25) is 11.0 Å². The Morgan fingerprint density at radius 1 is 1.11 bits per heavy atom. The summed E-state index contributed by atoms with van der Waals surface area (Å²) in [5.74, 6) is 1.01. The lowest BCUT2D eigenvalue weighted by atomic mass is 10.2. The standard InChI is InChI=1S/C15H14N2OS/c1-3-19-11-5-7-14-13(9-11)16-12-6-4-10(2)8-15(12)17(14)18/h4-9H,3H2,1-2H3. The molecule has 19 heavy (non-hydrogen) atoms. The maximum atomic E-state index is 12.4. The normalized spacial score (nSPS) is 11.3. The number of rotatable bonds is 2. The molecule has 0 bridgehead atoms. The molecule has 0 saturated heterocycles. The second-order valence-electron chi connectivity index (χ2n) is 4.48. The van der Waals surface area contributed by atoms with Crippen LogP contribution in [0.15, 0.2) is 41.3 Å². The zero-order valence-corrected chi connectivity index (χ0v) is 11.7. The van der Waals surface area contributed by atoms with Gasteiger partial charge in [0.15, 0.2) is 0 Å². The Hall–Kier alpha value is -1.81. The van der Waals surface area contributed by atoms with Crippen molar-refractivity contribution in [3.63, 3.8) is 0 Å². The number of fused-ring (bicyclic) bond motifs is 2. The molecule has 0 radical (unpaired) electrons. The Morgan fingerprint density at radius 3 is 2.74 bits per heavy atom. The van der Waals surface area contributed by atoms with Crippen LogP contribution >= 0.6 is 11.8 Å². The van der Waals surface area contributed by atoms with Crippen molar-refractivity contribution < 1.29 is 4.73 Å². The van der Waals surface area contributed by atoms with E-state index in [0.29, 0.717) is 11.0 Å². The molecule has 3 aromatic rings. The van der Waals surface area contributed by atoms with Gasteiger partial charge in [-0.25, -0.2) is 4.98 Å². The molecule has 0 unspecified atom stereocenters. The first-order chi connectivity index (χ1) is 9.19. The van der Waals surface area contributed by atoms with E-state index in [9.17, 15) is 5.21 Å². The van der Waals surface area contributed by atoms with E-state index in [-0.39, 0.29) is 0 Å². The number of aryl methyl sites for hydroxylation is 1. The SMILES string of the molecule is CCSc1ccc2c(c1)nc1ccc(C)cc1[n+]2[O-]. The van der Waals surface area contributed by atoms with Gasteiger partial charge in [-0.05, 0) is 36.4 Å². The highest BCUT2D eigenvalue weighted by Gasteiger charge is 2.12. The molecule has 0 N–H and O–H groups in total. The third-order valence-electron chi connectivity index (χ3n) is 3.07. The molecular weight excluding hydrogens is 256 g/mol. The Bertz CT molecular complexity index is 771. The van der Waals surface area contributed by atoms with E-state index in [4.69, 9.17) is 0 Å². The highest BCUT2D eigenvalue weighted by Crippen LogP contribution is 2.22. The lowest BCUT2D eigenvalue weighted by Gasteiger charge is -2.07. The smallest absolute Gasteiger partial charge is 0.243 e. The predicted molar refractivity (Wildman–Crippen MR) is 79.3 cm³/mol. The average molecular weight is 270 g/mol. The fraction of sp³-hybridized carbons (Fsp3) is 0.200. The van der Waals surface area contributed by atoms with Crippen LogP contribution in [0.2, 0.25) is 0 Å². The fourth-order valence-electron chi connectivity index (χ4n) is 2.17. The molecule has 2 aromatic carbocycles. The summed E-state index contributed by atoms with van der Waals surface area (Å²) in [4.78, 5) is 5.74. The van der Waals surface area contributed by atoms with E-state index < -0.39 is 0 Å². The Kier molecular flexibility index (Phi) is 3.03. The van der Waals surface area contributed by atoms with E-state index in [1.807, 2.05) is 43.3 Å².